The molecule has 0 aliphatic carbocycles. The predicted octanol–water partition coefficient (Wildman–Crippen LogP) is 1.05. The Bertz CT molecular complexity index is 415. The Morgan fingerprint density at radius 2 is 1.53 bits per heavy atom. The Labute approximate surface area is 114 Å². The van der Waals surface area contributed by atoms with E-state index in [0.29, 0.717) is 26.1 Å². The molecule has 0 amide bonds. The maximum absolute atomic E-state index is 12.6. The van der Waals surface area contributed by atoms with Crippen LogP contribution in [0.1, 0.15) is 44.9 Å². The number of hydrogen-bond acceptors (Lipinski definition) is 3. The molecule has 0 aromatic carbocycles. The lowest BCUT2D eigenvalue weighted by Gasteiger charge is -2.35. The largest absolute Gasteiger partial charge is 0.480 e. The molecule has 2 heterocycles. The second kappa shape index (κ2) is 6.19. The van der Waals surface area contributed by atoms with E-state index in [0.717, 1.165) is 38.5 Å². The summed E-state index contributed by atoms with van der Waals surface area (Å²) < 4.78 is 27.9. The number of carboxylic acid groups (broad SMARTS) is 1. The highest BCUT2D eigenvalue weighted by molar-refractivity contribution is 7.86. The number of aliphatic carboxylic acids is 1. The Balaban J connectivity index is 2.18. The van der Waals surface area contributed by atoms with Gasteiger partial charge in [0.15, 0.2) is 0 Å². The van der Waals surface area contributed by atoms with Crippen molar-refractivity contribution in [2.75, 3.05) is 19.6 Å². The van der Waals surface area contributed by atoms with Crippen LogP contribution in [-0.4, -0.2) is 53.8 Å². The monoisotopic (exact) mass is 290 g/mol. The molecule has 6 nitrogen and oxygen atoms in total. The van der Waals surface area contributed by atoms with Gasteiger partial charge in [-0.3, -0.25) is 4.79 Å². The van der Waals surface area contributed by atoms with Gasteiger partial charge >= 0.3 is 5.97 Å². The van der Waals surface area contributed by atoms with Gasteiger partial charge in [-0.05, 0) is 32.1 Å². The maximum atomic E-state index is 12.6. The molecule has 0 aromatic rings. The van der Waals surface area contributed by atoms with E-state index < -0.39 is 22.2 Å². The molecule has 0 spiro atoms. The van der Waals surface area contributed by atoms with Crippen molar-refractivity contribution in [1.82, 2.24) is 8.61 Å². The Kier molecular flexibility index (Phi) is 4.81. The van der Waals surface area contributed by atoms with Crippen LogP contribution < -0.4 is 0 Å². The summed E-state index contributed by atoms with van der Waals surface area (Å²) in [6, 6.07) is -0.887. The van der Waals surface area contributed by atoms with E-state index in [1.54, 1.807) is 0 Å². The highest BCUT2D eigenvalue weighted by Crippen LogP contribution is 2.24. The van der Waals surface area contributed by atoms with Crippen molar-refractivity contribution in [1.29, 1.82) is 0 Å². The van der Waals surface area contributed by atoms with E-state index in [-0.39, 0.29) is 0 Å². The zero-order valence-corrected chi connectivity index (χ0v) is 11.9. The molecule has 2 rings (SSSR count). The third-order valence-electron chi connectivity index (χ3n) is 3.93. The first-order chi connectivity index (χ1) is 9.03. The molecule has 0 bridgehead atoms. The summed E-state index contributed by atoms with van der Waals surface area (Å²) >= 11 is 0. The lowest BCUT2D eigenvalue weighted by Crippen LogP contribution is -2.53. The van der Waals surface area contributed by atoms with Gasteiger partial charge in [-0.25, -0.2) is 0 Å². The van der Waals surface area contributed by atoms with Crippen molar-refractivity contribution in [3.63, 3.8) is 0 Å². The molecule has 2 saturated heterocycles. The third kappa shape index (κ3) is 3.27. The number of nitrogens with zero attached hydrogens (tertiary/aromatic N) is 2. The van der Waals surface area contributed by atoms with Crippen LogP contribution >= 0.6 is 0 Å². The van der Waals surface area contributed by atoms with Crippen LogP contribution in [0.4, 0.5) is 0 Å². The van der Waals surface area contributed by atoms with Crippen LogP contribution in [0.25, 0.3) is 0 Å². The summed E-state index contributed by atoms with van der Waals surface area (Å²) in [5, 5.41) is 9.20. The Morgan fingerprint density at radius 1 is 0.947 bits per heavy atom. The van der Waals surface area contributed by atoms with Crippen molar-refractivity contribution in [3.8, 4) is 0 Å². The highest BCUT2D eigenvalue weighted by Gasteiger charge is 2.39. The summed E-state index contributed by atoms with van der Waals surface area (Å²) in [5.74, 6) is -1.03. The second-order valence-electron chi connectivity index (χ2n) is 5.28. The van der Waals surface area contributed by atoms with Crippen molar-refractivity contribution >= 4 is 16.2 Å². The van der Waals surface area contributed by atoms with E-state index in [4.69, 9.17) is 0 Å². The van der Waals surface area contributed by atoms with Crippen LogP contribution in [0.15, 0.2) is 0 Å². The molecule has 19 heavy (non-hydrogen) atoms. The summed E-state index contributed by atoms with van der Waals surface area (Å²) in [4.78, 5) is 11.2. The first-order valence-electron chi connectivity index (χ1n) is 7.03. The van der Waals surface area contributed by atoms with Crippen LogP contribution in [0.3, 0.4) is 0 Å². The van der Waals surface area contributed by atoms with Crippen molar-refractivity contribution in [2.24, 2.45) is 0 Å². The number of rotatable bonds is 3. The van der Waals surface area contributed by atoms with Gasteiger partial charge in [-0.1, -0.05) is 12.8 Å². The molecule has 110 valence electrons. The molecule has 0 radical (unpaired) electrons. The number of piperidine rings is 1. The molecule has 0 unspecified atom stereocenters. The lowest BCUT2D eigenvalue weighted by molar-refractivity contribution is -0.142. The number of carboxylic acids is 1. The van der Waals surface area contributed by atoms with Crippen LogP contribution in [0.2, 0.25) is 0 Å². The number of hydrogen-bond donors (Lipinski definition) is 1. The average molecular weight is 290 g/mol. The maximum Gasteiger partial charge on any atom is 0.322 e. The summed E-state index contributed by atoms with van der Waals surface area (Å²) in [7, 11) is -3.62. The smallest absolute Gasteiger partial charge is 0.322 e. The van der Waals surface area contributed by atoms with E-state index in [9.17, 15) is 18.3 Å². The summed E-state index contributed by atoms with van der Waals surface area (Å²) in [5.41, 5.74) is 0. The molecular formula is C12H22N2O4S. The van der Waals surface area contributed by atoms with Gasteiger partial charge in [-0.2, -0.15) is 17.0 Å². The van der Waals surface area contributed by atoms with E-state index in [1.165, 1.54) is 8.61 Å². The molecule has 0 saturated carbocycles. The fourth-order valence-electron chi connectivity index (χ4n) is 2.85. The van der Waals surface area contributed by atoms with Crippen molar-refractivity contribution in [3.05, 3.63) is 0 Å². The fourth-order valence-corrected chi connectivity index (χ4v) is 4.74. The minimum absolute atomic E-state index is 0.329. The SMILES string of the molecule is O=C(O)[C@H]1CCCCN1S(=O)(=O)N1CCCCCC1. The normalized spacial score (nSPS) is 27.9. The molecule has 7 heteroatoms. The van der Waals surface area contributed by atoms with Gasteiger partial charge in [-0.15, -0.1) is 0 Å². The van der Waals surface area contributed by atoms with Gasteiger partial charge in [0.1, 0.15) is 6.04 Å². The predicted molar refractivity (Wildman–Crippen MR) is 70.9 cm³/mol. The molecule has 2 aliphatic rings. The quantitative estimate of drug-likeness (QED) is 0.842. The molecule has 1 atom stereocenters. The van der Waals surface area contributed by atoms with Crippen LogP contribution in [0.5, 0.6) is 0 Å². The first kappa shape index (κ1) is 14.7. The molecular weight excluding hydrogens is 268 g/mol. The van der Waals surface area contributed by atoms with Crippen molar-refractivity contribution in [2.45, 2.75) is 51.0 Å². The minimum atomic E-state index is -3.62. The molecule has 0 aromatic heterocycles. The topological polar surface area (TPSA) is 77.9 Å². The van der Waals surface area contributed by atoms with Crippen LogP contribution in [0, 0.1) is 0 Å². The number of carbonyl (C=O) groups is 1. The highest BCUT2D eigenvalue weighted by atomic mass is 32.2. The second-order valence-corrected chi connectivity index (χ2v) is 7.16. The third-order valence-corrected chi connectivity index (χ3v) is 5.97. The Morgan fingerprint density at radius 3 is 2.11 bits per heavy atom. The Hall–Kier alpha value is -0.660. The first-order valence-corrected chi connectivity index (χ1v) is 8.43. The molecule has 2 fully saturated rings. The molecule has 2 aliphatic heterocycles. The van der Waals surface area contributed by atoms with Gasteiger partial charge in [0.05, 0.1) is 0 Å². The summed E-state index contributed by atoms with van der Waals surface area (Å²) in [6.45, 7) is 1.37. The lowest BCUT2D eigenvalue weighted by atomic mass is 10.1. The zero-order chi connectivity index (χ0) is 13.9. The van der Waals surface area contributed by atoms with E-state index >= 15 is 0 Å². The van der Waals surface area contributed by atoms with Gasteiger partial charge in [0.25, 0.3) is 10.2 Å². The standard InChI is InChI=1S/C12H22N2O4S/c15-12(16)11-7-3-6-10-14(11)19(17,18)13-8-4-1-2-5-9-13/h11H,1-10H2,(H,15,16)/t11-/m1/s1. The minimum Gasteiger partial charge on any atom is -0.480 e. The van der Waals surface area contributed by atoms with Gasteiger partial charge in [0, 0.05) is 19.6 Å². The fraction of sp³-hybridized carbons (Fsp3) is 0.917. The van der Waals surface area contributed by atoms with Gasteiger partial charge in [0.2, 0.25) is 0 Å². The van der Waals surface area contributed by atoms with Crippen molar-refractivity contribution < 1.29 is 18.3 Å². The summed E-state index contributed by atoms with van der Waals surface area (Å²) in [6.07, 6.45) is 5.78. The van der Waals surface area contributed by atoms with Crippen LogP contribution in [-0.2, 0) is 15.0 Å². The van der Waals surface area contributed by atoms with E-state index in [2.05, 4.69) is 0 Å². The van der Waals surface area contributed by atoms with E-state index in [1.807, 2.05) is 0 Å². The molecule has 1 N–H and O–H groups in total. The zero-order valence-electron chi connectivity index (χ0n) is 11.1. The average Bonchev–Trinajstić information content (AvgIpc) is 2.68. The van der Waals surface area contributed by atoms with Gasteiger partial charge < -0.3 is 5.11 Å².